The van der Waals surface area contributed by atoms with Gasteiger partial charge in [-0.15, -0.1) is 0 Å². The van der Waals surface area contributed by atoms with E-state index in [1.165, 1.54) is 18.3 Å². The molecule has 0 aromatic heterocycles. The van der Waals surface area contributed by atoms with Crippen LogP contribution < -0.4 is 15.5 Å². The van der Waals surface area contributed by atoms with Gasteiger partial charge in [-0.3, -0.25) is 9.59 Å². The maximum atomic E-state index is 12.9. The molecule has 0 aliphatic carbocycles. The third-order valence-corrected chi connectivity index (χ3v) is 4.12. The molecule has 7 nitrogen and oxygen atoms in total. The zero-order chi connectivity index (χ0) is 22.2. The molecule has 0 bridgehead atoms. The first kappa shape index (κ1) is 21.4. The number of nitrogens with zero attached hydrogens (tertiary/aromatic N) is 1. The molecule has 8 heteroatoms. The molecule has 0 aliphatic rings. The second kappa shape index (κ2) is 9.93. The fraction of sp³-hybridized carbons (Fsp3) is 0.0435. The van der Waals surface area contributed by atoms with E-state index in [0.29, 0.717) is 16.9 Å². The zero-order valence-electron chi connectivity index (χ0n) is 16.5. The topological polar surface area (TPSA) is 96.9 Å². The number of carbonyl (C=O) groups excluding carboxylic acids is 3. The van der Waals surface area contributed by atoms with Crippen molar-refractivity contribution in [2.75, 3.05) is 5.32 Å². The van der Waals surface area contributed by atoms with Crippen molar-refractivity contribution in [2.45, 2.75) is 6.92 Å². The lowest BCUT2D eigenvalue weighted by Crippen LogP contribution is -2.32. The van der Waals surface area contributed by atoms with Crippen LogP contribution >= 0.6 is 0 Å². The number of esters is 1. The standard InChI is InChI=1S/C23H18FN3O4/c1-15-5-2-3-8-20(15)23(30)31-19-7-4-6-16(13-19)14-25-27-22(29)21(28)26-18-11-9-17(24)10-12-18/h2-14H,1H3,(H,26,28)(H,27,29). The van der Waals surface area contributed by atoms with Gasteiger partial charge >= 0.3 is 17.8 Å². The fourth-order valence-electron chi connectivity index (χ4n) is 2.56. The monoisotopic (exact) mass is 419 g/mol. The molecule has 2 amide bonds. The van der Waals surface area contributed by atoms with Crippen LogP contribution in [-0.4, -0.2) is 24.0 Å². The van der Waals surface area contributed by atoms with E-state index in [-0.39, 0.29) is 5.69 Å². The number of anilines is 1. The van der Waals surface area contributed by atoms with Gasteiger partial charge in [0.2, 0.25) is 0 Å². The van der Waals surface area contributed by atoms with Gasteiger partial charge in [0.1, 0.15) is 11.6 Å². The van der Waals surface area contributed by atoms with Gasteiger partial charge in [0.25, 0.3) is 0 Å². The number of carbonyl (C=O) groups is 3. The lowest BCUT2D eigenvalue weighted by atomic mass is 10.1. The molecule has 0 heterocycles. The van der Waals surface area contributed by atoms with Gasteiger partial charge in [0.05, 0.1) is 11.8 Å². The molecule has 0 unspecified atom stereocenters. The Kier molecular flexibility index (Phi) is 6.85. The van der Waals surface area contributed by atoms with Crippen LogP contribution in [0.15, 0.2) is 77.9 Å². The van der Waals surface area contributed by atoms with Crippen molar-refractivity contribution < 1.29 is 23.5 Å². The average molecular weight is 419 g/mol. The van der Waals surface area contributed by atoms with Gasteiger partial charge < -0.3 is 10.1 Å². The Morgan fingerprint density at radius 3 is 2.42 bits per heavy atom. The van der Waals surface area contributed by atoms with Crippen LogP contribution in [0.2, 0.25) is 0 Å². The van der Waals surface area contributed by atoms with E-state index in [9.17, 15) is 18.8 Å². The number of hydrogen-bond acceptors (Lipinski definition) is 5. The normalized spacial score (nSPS) is 10.5. The highest BCUT2D eigenvalue weighted by Gasteiger charge is 2.13. The summed E-state index contributed by atoms with van der Waals surface area (Å²) < 4.78 is 18.3. The summed E-state index contributed by atoms with van der Waals surface area (Å²) >= 11 is 0. The van der Waals surface area contributed by atoms with E-state index < -0.39 is 23.6 Å². The molecule has 3 rings (SSSR count). The van der Waals surface area contributed by atoms with Crippen molar-refractivity contribution in [3.63, 3.8) is 0 Å². The molecular weight excluding hydrogens is 401 g/mol. The predicted octanol–water partition coefficient (Wildman–Crippen LogP) is 3.44. The third kappa shape index (κ3) is 6.07. The van der Waals surface area contributed by atoms with Gasteiger partial charge in [0, 0.05) is 5.69 Å². The SMILES string of the molecule is Cc1ccccc1C(=O)Oc1cccc(C=NNC(=O)C(=O)Nc2ccc(F)cc2)c1. The van der Waals surface area contributed by atoms with E-state index in [4.69, 9.17) is 4.74 Å². The van der Waals surface area contributed by atoms with Crippen molar-refractivity contribution in [1.82, 2.24) is 5.43 Å². The number of halogens is 1. The Labute approximate surface area is 177 Å². The van der Waals surface area contributed by atoms with Crippen molar-refractivity contribution in [3.8, 4) is 5.75 Å². The number of benzene rings is 3. The molecule has 3 aromatic rings. The highest BCUT2D eigenvalue weighted by Crippen LogP contribution is 2.16. The number of hydrazone groups is 1. The van der Waals surface area contributed by atoms with E-state index >= 15 is 0 Å². The summed E-state index contributed by atoms with van der Waals surface area (Å²) in [5.74, 6) is -2.60. The summed E-state index contributed by atoms with van der Waals surface area (Å²) in [5, 5.41) is 6.04. The van der Waals surface area contributed by atoms with Crippen LogP contribution in [0.25, 0.3) is 0 Å². The van der Waals surface area contributed by atoms with Crippen LogP contribution in [0.3, 0.4) is 0 Å². The molecule has 0 atom stereocenters. The molecule has 31 heavy (non-hydrogen) atoms. The molecular formula is C23H18FN3O4. The Morgan fingerprint density at radius 2 is 1.68 bits per heavy atom. The summed E-state index contributed by atoms with van der Waals surface area (Å²) in [6, 6.07) is 18.6. The molecule has 0 aliphatic heterocycles. The van der Waals surface area contributed by atoms with Crippen LogP contribution in [0, 0.1) is 12.7 Å². The molecule has 3 aromatic carbocycles. The summed E-state index contributed by atoms with van der Waals surface area (Å²) in [6.07, 6.45) is 1.30. The second-order valence-electron chi connectivity index (χ2n) is 6.44. The molecule has 0 saturated heterocycles. The zero-order valence-corrected chi connectivity index (χ0v) is 16.5. The summed E-state index contributed by atoms with van der Waals surface area (Å²) in [7, 11) is 0. The number of nitrogens with one attached hydrogen (secondary N) is 2. The van der Waals surface area contributed by atoms with Crippen molar-refractivity contribution in [3.05, 3.63) is 95.3 Å². The van der Waals surface area contributed by atoms with Crippen molar-refractivity contribution in [1.29, 1.82) is 0 Å². The van der Waals surface area contributed by atoms with Crippen LogP contribution in [0.1, 0.15) is 21.5 Å². The van der Waals surface area contributed by atoms with Gasteiger partial charge in [-0.1, -0.05) is 30.3 Å². The minimum atomic E-state index is -0.997. The molecule has 0 radical (unpaired) electrons. The largest absolute Gasteiger partial charge is 0.423 e. The molecule has 0 fully saturated rings. The minimum absolute atomic E-state index is 0.272. The smallest absolute Gasteiger partial charge is 0.343 e. The van der Waals surface area contributed by atoms with Gasteiger partial charge in [-0.2, -0.15) is 5.10 Å². The fourth-order valence-corrected chi connectivity index (χ4v) is 2.56. The van der Waals surface area contributed by atoms with E-state index in [0.717, 1.165) is 17.7 Å². The molecule has 0 saturated carbocycles. The van der Waals surface area contributed by atoms with Crippen LogP contribution in [0.4, 0.5) is 10.1 Å². The number of ether oxygens (including phenoxy) is 1. The Hall–Kier alpha value is -4.33. The van der Waals surface area contributed by atoms with E-state index in [2.05, 4.69) is 15.8 Å². The Balaban J connectivity index is 1.57. The first-order valence-electron chi connectivity index (χ1n) is 9.20. The quantitative estimate of drug-likeness (QED) is 0.218. The van der Waals surface area contributed by atoms with Gasteiger partial charge in [-0.25, -0.2) is 14.6 Å². The van der Waals surface area contributed by atoms with E-state index in [1.807, 2.05) is 19.1 Å². The van der Waals surface area contributed by atoms with Gasteiger partial charge in [-0.05, 0) is 60.5 Å². The van der Waals surface area contributed by atoms with Crippen LogP contribution in [0.5, 0.6) is 5.75 Å². The highest BCUT2D eigenvalue weighted by molar-refractivity contribution is 6.39. The van der Waals surface area contributed by atoms with E-state index in [1.54, 1.807) is 36.4 Å². The maximum Gasteiger partial charge on any atom is 0.343 e. The summed E-state index contributed by atoms with van der Waals surface area (Å²) in [6.45, 7) is 1.81. The summed E-state index contributed by atoms with van der Waals surface area (Å²) in [5.41, 5.74) is 4.16. The van der Waals surface area contributed by atoms with Crippen molar-refractivity contribution >= 4 is 29.7 Å². The predicted molar refractivity (Wildman–Crippen MR) is 113 cm³/mol. The lowest BCUT2D eigenvalue weighted by Gasteiger charge is -2.07. The minimum Gasteiger partial charge on any atom is -0.423 e. The number of hydrogen-bond donors (Lipinski definition) is 2. The highest BCUT2D eigenvalue weighted by atomic mass is 19.1. The first-order valence-corrected chi connectivity index (χ1v) is 9.20. The molecule has 2 N–H and O–H groups in total. The third-order valence-electron chi connectivity index (χ3n) is 4.12. The lowest BCUT2D eigenvalue weighted by molar-refractivity contribution is -0.136. The first-order chi connectivity index (χ1) is 14.9. The number of amides is 2. The number of rotatable bonds is 5. The van der Waals surface area contributed by atoms with Crippen molar-refractivity contribution in [2.24, 2.45) is 5.10 Å². The Morgan fingerprint density at radius 1 is 0.935 bits per heavy atom. The van der Waals surface area contributed by atoms with Crippen LogP contribution in [-0.2, 0) is 9.59 Å². The Bertz CT molecular complexity index is 1140. The average Bonchev–Trinajstić information content (AvgIpc) is 2.75. The summed E-state index contributed by atoms with van der Waals surface area (Å²) in [4.78, 5) is 36.0. The molecule has 156 valence electrons. The number of aryl methyl sites for hydroxylation is 1. The van der Waals surface area contributed by atoms with Gasteiger partial charge in [0.15, 0.2) is 0 Å². The second-order valence-corrected chi connectivity index (χ2v) is 6.44. The maximum absolute atomic E-state index is 12.9. The molecule has 0 spiro atoms.